The lowest BCUT2D eigenvalue weighted by Crippen LogP contribution is -2.27. The number of carbonyl (C=O) groups excluding carboxylic acids is 1. The number of hydrogen-bond acceptors (Lipinski definition) is 5. The summed E-state index contributed by atoms with van der Waals surface area (Å²) in [7, 11) is 0. The van der Waals surface area contributed by atoms with Crippen LogP contribution in [0.3, 0.4) is 0 Å². The number of hydrogen-bond donors (Lipinski definition) is 1. The first-order valence-electron chi connectivity index (χ1n) is 8.34. The number of nitrogens with one attached hydrogen (secondary N) is 1. The number of fused-ring (bicyclic) bond motifs is 2. The minimum Gasteiger partial charge on any atom is -0.490 e. The van der Waals surface area contributed by atoms with Gasteiger partial charge < -0.3 is 14.8 Å². The fraction of sp³-hybridized carbons (Fsp3) is 0.211. The third kappa shape index (κ3) is 3.23. The Morgan fingerprint density at radius 1 is 1.12 bits per heavy atom. The van der Waals surface area contributed by atoms with Crippen LogP contribution in [0.4, 0.5) is 5.69 Å². The van der Waals surface area contributed by atoms with Crippen LogP contribution in [0.15, 0.2) is 53.6 Å². The molecule has 1 aliphatic heterocycles. The van der Waals surface area contributed by atoms with Gasteiger partial charge in [-0.05, 0) is 24.3 Å². The maximum absolute atomic E-state index is 12.5. The van der Waals surface area contributed by atoms with Gasteiger partial charge in [0.15, 0.2) is 11.5 Å². The van der Waals surface area contributed by atoms with Crippen LogP contribution in [0.5, 0.6) is 11.5 Å². The second-order valence-electron chi connectivity index (χ2n) is 5.95. The Morgan fingerprint density at radius 2 is 1.92 bits per heavy atom. The standard InChI is InChI=1S/C19H17N3O4/c23-18(11-22-12-20-15-5-2-1-4-14(15)19(22)24)21-13-6-7-16-17(10-13)26-9-3-8-25-16/h1-2,4-7,10,12H,3,8-9,11H2,(H,21,23). The Morgan fingerprint density at radius 3 is 2.81 bits per heavy atom. The molecule has 1 aliphatic rings. The van der Waals surface area contributed by atoms with E-state index >= 15 is 0 Å². The third-order valence-corrected chi connectivity index (χ3v) is 4.08. The Kier molecular flexibility index (Phi) is 4.27. The van der Waals surface area contributed by atoms with Crippen molar-refractivity contribution in [2.24, 2.45) is 0 Å². The van der Waals surface area contributed by atoms with E-state index in [0.29, 0.717) is 41.3 Å². The van der Waals surface area contributed by atoms with E-state index in [9.17, 15) is 9.59 Å². The Bertz CT molecular complexity index is 1030. The van der Waals surface area contributed by atoms with Crippen LogP contribution in [0.25, 0.3) is 10.9 Å². The van der Waals surface area contributed by atoms with Crippen LogP contribution in [0, 0.1) is 0 Å². The van der Waals surface area contributed by atoms with Gasteiger partial charge in [-0.15, -0.1) is 0 Å². The molecule has 2 aromatic carbocycles. The summed E-state index contributed by atoms with van der Waals surface area (Å²) in [5.41, 5.74) is 0.947. The number of ether oxygens (including phenoxy) is 2. The van der Waals surface area contributed by atoms with Crippen LogP contribution in [-0.2, 0) is 11.3 Å². The zero-order chi connectivity index (χ0) is 17.9. The third-order valence-electron chi connectivity index (χ3n) is 4.08. The van der Waals surface area contributed by atoms with Gasteiger partial charge >= 0.3 is 0 Å². The van der Waals surface area contributed by atoms with Gasteiger partial charge in [0.05, 0.1) is 30.4 Å². The molecule has 0 bridgehead atoms. The summed E-state index contributed by atoms with van der Waals surface area (Å²) >= 11 is 0. The molecule has 7 nitrogen and oxygen atoms in total. The van der Waals surface area contributed by atoms with E-state index in [1.54, 1.807) is 36.4 Å². The molecule has 26 heavy (non-hydrogen) atoms. The first kappa shape index (κ1) is 16.1. The molecule has 3 aromatic rings. The number of aromatic nitrogens is 2. The van der Waals surface area contributed by atoms with Crippen molar-refractivity contribution in [1.29, 1.82) is 0 Å². The molecule has 0 unspecified atom stereocenters. The molecule has 0 radical (unpaired) electrons. The number of benzene rings is 2. The van der Waals surface area contributed by atoms with Crippen LogP contribution < -0.4 is 20.3 Å². The van der Waals surface area contributed by atoms with Crippen LogP contribution >= 0.6 is 0 Å². The molecule has 1 amide bonds. The largest absolute Gasteiger partial charge is 0.490 e. The highest BCUT2D eigenvalue weighted by Gasteiger charge is 2.13. The first-order chi connectivity index (χ1) is 12.7. The van der Waals surface area contributed by atoms with Crippen molar-refractivity contribution in [3.05, 3.63) is 59.1 Å². The highest BCUT2D eigenvalue weighted by Crippen LogP contribution is 2.32. The molecule has 0 atom stereocenters. The molecule has 0 saturated carbocycles. The van der Waals surface area contributed by atoms with E-state index in [-0.39, 0.29) is 18.0 Å². The Labute approximate surface area is 149 Å². The molecule has 0 aliphatic carbocycles. The van der Waals surface area contributed by atoms with Crippen molar-refractivity contribution in [2.45, 2.75) is 13.0 Å². The first-order valence-corrected chi connectivity index (χ1v) is 8.34. The van der Waals surface area contributed by atoms with Crippen LogP contribution in [0.2, 0.25) is 0 Å². The van der Waals surface area contributed by atoms with E-state index in [4.69, 9.17) is 9.47 Å². The minimum atomic E-state index is -0.321. The Hall–Kier alpha value is -3.35. The smallest absolute Gasteiger partial charge is 0.261 e. The molecule has 0 fully saturated rings. The summed E-state index contributed by atoms with van der Waals surface area (Å²) in [5.74, 6) is 0.943. The summed E-state index contributed by atoms with van der Waals surface area (Å²) in [5, 5.41) is 3.26. The van der Waals surface area contributed by atoms with E-state index in [1.807, 2.05) is 6.07 Å². The molecule has 1 aromatic heterocycles. The molecule has 7 heteroatoms. The highest BCUT2D eigenvalue weighted by atomic mass is 16.5. The van der Waals surface area contributed by atoms with Crippen molar-refractivity contribution in [3.8, 4) is 11.5 Å². The summed E-state index contributed by atoms with van der Waals surface area (Å²) < 4.78 is 12.5. The summed E-state index contributed by atoms with van der Waals surface area (Å²) in [6, 6.07) is 12.3. The molecular weight excluding hydrogens is 334 g/mol. The number of anilines is 1. The average molecular weight is 351 g/mol. The maximum atomic E-state index is 12.5. The average Bonchev–Trinajstić information content (AvgIpc) is 2.89. The summed E-state index contributed by atoms with van der Waals surface area (Å²) in [6.07, 6.45) is 2.20. The monoisotopic (exact) mass is 351 g/mol. The number of amides is 1. The number of nitrogens with zero attached hydrogens (tertiary/aromatic N) is 2. The molecular formula is C19H17N3O4. The zero-order valence-corrected chi connectivity index (χ0v) is 14.0. The second kappa shape index (κ2) is 6.87. The summed E-state index contributed by atoms with van der Waals surface area (Å²) in [4.78, 5) is 29.0. The Balaban J connectivity index is 1.52. The van der Waals surface area contributed by atoms with Crippen LogP contribution in [0.1, 0.15) is 6.42 Å². The number of carbonyl (C=O) groups is 1. The van der Waals surface area contributed by atoms with Gasteiger partial charge in [0.2, 0.25) is 5.91 Å². The van der Waals surface area contributed by atoms with Crippen LogP contribution in [-0.4, -0.2) is 28.7 Å². The normalized spacial score (nSPS) is 13.2. The van der Waals surface area contributed by atoms with E-state index in [2.05, 4.69) is 10.3 Å². The minimum absolute atomic E-state index is 0.120. The van der Waals surface area contributed by atoms with E-state index < -0.39 is 0 Å². The molecule has 4 rings (SSSR count). The fourth-order valence-electron chi connectivity index (χ4n) is 2.82. The van der Waals surface area contributed by atoms with Crippen molar-refractivity contribution < 1.29 is 14.3 Å². The topological polar surface area (TPSA) is 82.5 Å². The number of para-hydroxylation sites is 1. The maximum Gasteiger partial charge on any atom is 0.261 e. The predicted octanol–water partition coefficient (Wildman–Crippen LogP) is 2.20. The molecule has 0 spiro atoms. The second-order valence-corrected chi connectivity index (χ2v) is 5.95. The van der Waals surface area contributed by atoms with E-state index in [0.717, 1.165) is 6.42 Å². The van der Waals surface area contributed by atoms with Gasteiger partial charge in [-0.3, -0.25) is 14.2 Å². The van der Waals surface area contributed by atoms with Gasteiger partial charge in [-0.25, -0.2) is 4.98 Å². The molecule has 1 N–H and O–H groups in total. The molecule has 132 valence electrons. The number of rotatable bonds is 3. The lowest BCUT2D eigenvalue weighted by atomic mass is 10.2. The summed E-state index contributed by atoms with van der Waals surface area (Å²) in [6.45, 7) is 1.06. The fourth-order valence-corrected chi connectivity index (χ4v) is 2.82. The predicted molar refractivity (Wildman–Crippen MR) is 96.7 cm³/mol. The van der Waals surface area contributed by atoms with Crippen molar-refractivity contribution in [1.82, 2.24) is 9.55 Å². The van der Waals surface area contributed by atoms with Crippen molar-refractivity contribution in [3.63, 3.8) is 0 Å². The highest BCUT2D eigenvalue weighted by molar-refractivity contribution is 5.91. The SMILES string of the molecule is O=C(Cn1cnc2ccccc2c1=O)Nc1ccc2c(c1)OCCCO2. The van der Waals surface area contributed by atoms with Crippen molar-refractivity contribution in [2.75, 3.05) is 18.5 Å². The van der Waals surface area contributed by atoms with Gasteiger partial charge in [0, 0.05) is 18.2 Å². The van der Waals surface area contributed by atoms with Crippen molar-refractivity contribution >= 4 is 22.5 Å². The zero-order valence-electron chi connectivity index (χ0n) is 14.0. The van der Waals surface area contributed by atoms with Gasteiger partial charge in [-0.1, -0.05) is 12.1 Å². The van der Waals surface area contributed by atoms with Gasteiger partial charge in [0.25, 0.3) is 5.56 Å². The van der Waals surface area contributed by atoms with Gasteiger partial charge in [-0.2, -0.15) is 0 Å². The lowest BCUT2D eigenvalue weighted by molar-refractivity contribution is -0.116. The van der Waals surface area contributed by atoms with Gasteiger partial charge in [0.1, 0.15) is 6.54 Å². The lowest BCUT2D eigenvalue weighted by Gasteiger charge is -2.11. The quantitative estimate of drug-likeness (QED) is 0.782. The molecule has 0 saturated heterocycles. The van der Waals surface area contributed by atoms with E-state index in [1.165, 1.54) is 10.9 Å². The molecule has 2 heterocycles.